The summed E-state index contributed by atoms with van der Waals surface area (Å²) < 4.78 is 14.9. The number of benzene rings is 2. The first-order valence-corrected chi connectivity index (χ1v) is 8.65. The molecule has 0 atom stereocenters. The van der Waals surface area contributed by atoms with E-state index in [9.17, 15) is 9.18 Å². The van der Waals surface area contributed by atoms with E-state index < -0.39 is 0 Å². The van der Waals surface area contributed by atoms with Crippen molar-refractivity contribution in [1.82, 2.24) is 20.1 Å². The number of nitrogens with zero attached hydrogens (tertiary/aromatic N) is 3. The zero-order chi connectivity index (χ0) is 18.7. The molecule has 3 aromatic rings. The lowest BCUT2D eigenvalue weighted by Crippen LogP contribution is -2.25. The summed E-state index contributed by atoms with van der Waals surface area (Å²) in [5, 5.41) is 7.72. The highest BCUT2D eigenvalue weighted by Gasteiger charge is 2.20. The lowest BCUT2D eigenvalue weighted by molar-refractivity contribution is 0.0943. The van der Waals surface area contributed by atoms with E-state index in [0.717, 1.165) is 12.0 Å². The molecule has 0 aliphatic heterocycles. The maximum atomic E-state index is 13.3. The van der Waals surface area contributed by atoms with Gasteiger partial charge in [0.25, 0.3) is 5.91 Å². The van der Waals surface area contributed by atoms with E-state index in [4.69, 9.17) is 11.6 Å². The average Bonchev–Trinajstić information content (AvgIpc) is 3.08. The van der Waals surface area contributed by atoms with Crippen LogP contribution < -0.4 is 5.32 Å². The monoisotopic (exact) mass is 372 g/mol. The van der Waals surface area contributed by atoms with E-state index in [1.165, 1.54) is 12.1 Å². The fourth-order valence-electron chi connectivity index (χ4n) is 2.51. The quantitative estimate of drug-likeness (QED) is 0.731. The van der Waals surface area contributed by atoms with Crippen LogP contribution in [0, 0.1) is 12.7 Å². The SMILES string of the molecule is CCCNC(=O)c1nc(-c2ccc(F)cc2)n(-c2cccc(Cl)c2C)n1. The minimum absolute atomic E-state index is 0.0529. The molecule has 0 aliphatic rings. The minimum atomic E-state index is -0.353. The highest BCUT2D eigenvalue weighted by molar-refractivity contribution is 6.31. The Morgan fingerprint density at radius 2 is 1.96 bits per heavy atom. The maximum absolute atomic E-state index is 13.3. The standard InChI is InChI=1S/C19H18ClFN4O/c1-3-11-22-19(26)17-23-18(13-7-9-14(21)10-8-13)25(24-17)16-6-4-5-15(20)12(16)2/h4-10H,3,11H2,1-2H3,(H,22,26). The first-order chi connectivity index (χ1) is 12.5. The molecule has 0 unspecified atom stereocenters. The molecule has 1 heterocycles. The second-order valence-corrected chi connectivity index (χ2v) is 6.22. The van der Waals surface area contributed by atoms with Crippen LogP contribution in [0.3, 0.4) is 0 Å². The minimum Gasteiger partial charge on any atom is -0.349 e. The maximum Gasteiger partial charge on any atom is 0.290 e. The van der Waals surface area contributed by atoms with E-state index in [0.29, 0.717) is 28.6 Å². The van der Waals surface area contributed by atoms with Crippen molar-refractivity contribution < 1.29 is 9.18 Å². The highest BCUT2D eigenvalue weighted by atomic mass is 35.5. The number of nitrogens with one attached hydrogen (secondary N) is 1. The van der Waals surface area contributed by atoms with E-state index >= 15 is 0 Å². The van der Waals surface area contributed by atoms with Crippen molar-refractivity contribution in [2.45, 2.75) is 20.3 Å². The molecule has 7 heteroatoms. The largest absolute Gasteiger partial charge is 0.349 e. The molecule has 0 spiro atoms. The Balaban J connectivity index is 2.14. The van der Waals surface area contributed by atoms with Crippen molar-refractivity contribution in [3.63, 3.8) is 0 Å². The molecule has 0 radical (unpaired) electrons. The molecule has 2 aromatic carbocycles. The van der Waals surface area contributed by atoms with E-state index in [1.807, 2.05) is 19.9 Å². The molecule has 5 nitrogen and oxygen atoms in total. The van der Waals surface area contributed by atoms with Gasteiger partial charge in [0.05, 0.1) is 5.69 Å². The molecule has 3 rings (SSSR count). The van der Waals surface area contributed by atoms with Crippen LogP contribution >= 0.6 is 11.6 Å². The summed E-state index contributed by atoms with van der Waals surface area (Å²) in [6.45, 7) is 4.37. The van der Waals surface area contributed by atoms with Gasteiger partial charge in [-0.15, -0.1) is 5.10 Å². The van der Waals surface area contributed by atoms with Crippen molar-refractivity contribution in [1.29, 1.82) is 0 Å². The van der Waals surface area contributed by atoms with E-state index in [1.54, 1.807) is 28.9 Å². The molecule has 134 valence electrons. The van der Waals surface area contributed by atoms with Crippen molar-refractivity contribution in [2.24, 2.45) is 0 Å². The van der Waals surface area contributed by atoms with Crippen LogP contribution in [0.2, 0.25) is 5.02 Å². The zero-order valence-electron chi connectivity index (χ0n) is 14.5. The van der Waals surface area contributed by atoms with Crippen molar-refractivity contribution in [2.75, 3.05) is 6.54 Å². The van der Waals surface area contributed by atoms with Crippen LogP contribution in [0.4, 0.5) is 4.39 Å². The third-order valence-electron chi connectivity index (χ3n) is 3.92. The van der Waals surface area contributed by atoms with Gasteiger partial charge in [0.15, 0.2) is 5.82 Å². The van der Waals surface area contributed by atoms with Gasteiger partial charge in [-0.05, 0) is 55.3 Å². The normalized spacial score (nSPS) is 10.8. The van der Waals surface area contributed by atoms with Gasteiger partial charge >= 0.3 is 0 Å². The van der Waals surface area contributed by atoms with Gasteiger partial charge in [0.2, 0.25) is 5.82 Å². The lowest BCUT2D eigenvalue weighted by Gasteiger charge is -2.10. The number of amides is 1. The van der Waals surface area contributed by atoms with Crippen LogP contribution in [0.1, 0.15) is 29.5 Å². The number of hydrogen-bond acceptors (Lipinski definition) is 3. The Morgan fingerprint density at radius 3 is 2.65 bits per heavy atom. The van der Waals surface area contributed by atoms with Crippen LogP contribution in [-0.2, 0) is 0 Å². The van der Waals surface area contributed by atoms with Crippen LogP contribution in [0.15, 0.2) is 42.5 Å². The van der Waals surface area contributed by atoms with Crippen molar-refractivity contribution in [3.8, 4) is 17.1 Å². The molecule has 0 saturated heterocycles. The number of halogens is 2. The number of rotatable bonds is 5. The number of carbonyl (C=O) groups excluding carboxylic acids is 1. The Hall–Kier alpha value is -2.73. The van der Waals surface area contributed by atoms with Gasteiger partial charge in [0, 0.05) is 17.1 Å². The first-order valence-electron chi connectivity index (χ1n) is 8.28. The Morgan fingerprint density at radius 1 is 1.23 bits per heavy atom. The van der Waals surface area contributed by atoms with Crippen molar-refractivity contribution >= 4 is 17.5 Å². The third-order valence-corrected chi connectivity index (χ3v) is 4.32. The van der Waals surface area contributed by atoms with Crippen molar-refractivity contribution in [3.05, 3.63) is 64.7 Å². The van der Waals surface area contributed by atoms with Gasteiger partial charge in [-0.1, -0.05) is 24.6 Å². The Labute approximate surface area is 155 Å². The van der Waals surface area contributed by atoms with Crippen LogP contribution in [0.5, 0.6) is 0 Å². The highest BCUT2D eigenvalue weighted by Crippen LogP contribution is 2.26. The predicted molar refractivity (Wildman–Crippen MR) is 99.1 cm³/mol. The summed E-state index contributed by atoms with van der Waals surface area (Å²) in [7, 11) is 0. The molecular weight excluding hydrogens is 355 g/mol. The molecular formula is C19H18ClFN4O. The second kappa shape index (κ2) is 7.66. The summed E-state index contributed by atoms with van der Waals surface area (Å²) in [5.41, 5.74) is 2.16. The zero-order valence-corrected chi connectivity index (χ0v) is 15.2. The van der Waals surface area contributed by atoms with Crippen LogP contribution in [0.25, 0.3) is 17.1 Å². The van der Waals surface area contributed by atoms with E-state index in [-0.39, 0.29) is 17.5 Å². The molecule has 0 aliphatic carbocycles. The Kier molecular flexibility index (Phi) is 5.32. The van der Waals surface area contributed by atoms with Gasteiger partial charge in [-0.25, -0.2) is 14.1 Å². The summed E-state index contributed by atoms with van der Waals surface area (Å²) in [5.74, 6) is -0.206. The molecule has 26 heavy (non-hydrogen) atoms. The summed E-state index contributed by atoms with van der Waals surface area (Å²) in [6, 6.07) is 11.3. The molecule has 0 fully saturated rings. The van der Waals surface area contributed by atoms with E-state index in [2.05, 4.69) is 15.4 Å². The predicted octanol–water partition coefficient (Wildman–Crippen LogP) is 4.18. The lowest BCUT2D eigenvalue weighted by atomic mass is 10.1. The number of hydrogen-bond donors (Lipinski definition) is 1. The summed E-state index contributed by atoms with van der Waals surface area (Å²) in [4.78, 5) is 16.7. The second-order valence-electron chi connectivity index (χ2n) is 5.82. The van der Waals surface area contributed by atoms with Gasteiger partial charge in [0.1, 0.15) is 5.82 Å². The first kappa shape index (κ1) is 18.1. The molecule has 0 bridgehead atoms. The summed E-state index contributed by atoms with van der Waals surface area (Å²) in [6.07, 6.45) is 0.810. The topological polar surface area (TPSA) is 59.8 Å². The molecule has 1 N–H and O–H groups in total. The molecule has 1 amide bonds. The average molecular weight is 373 g/mol. The van der Waals surface area contributed by atoms with Gasteiger partial charge in [-0.2, -0.15) is 0 Å². The third kappa shape index (κ3) is 3.60. The smallest absolute Gasteiger partial charge is 0.290 e. The fourth-order valence-corrected chi connectivity index (χ4v) is 2.67. The molecule has 0 saturated carbocycles. The van der Waals surface area contributed by atoms with Crippen LogP contribution in [-0.4, -0.2) is 27.2 Å². The fraction of sp³-hybridized carbons (Fsp3) is 0.211. The summed E-state index contributed by atoms with van der Waals surface area (Å²) >= 11 is 6.23. The molecule has 1 aromatic heterocycles. The van der Waals surface area contributed by atoms with Gasteiger partial charge in [-0.3, -0.25) is 4.79 Å². The number of carbonyl (C=O) groups is 1. The van der Waals surface area contributed by atoms with Gasteiger partial charge < -0.3 is 5.32 Å². The Bertz CT molecular complexity index is 937. The number of aromatic nitrogens is 3.